The summed E-state index contributed by atoms with van der Waals surface area (Å²) < 4.78 is 5.45. The summed E-state index contributed by atoms with van der Waals surface area (Å²) in [4.78, 5) is 1.03. The molecule has 0 aliphatic carbocycles. The van der Waals surface area contributed by atoms with Gasteiger partial charge in [-0.15, -0.1) is 11.3 Å². The predicted octanol–water partition coefficient (Wildman–Crippen LogP) is 3.65. The molecular weight excluding hydrogens is 308 g/mol. The van der Waals surface area contributed by atoms with Crippen molar-refractivity contribution in [2.75, 3.05) is 5.32 Å². The predicted molar refractivity (Wildman–Crippen MR) is 88.6 cm³/mol. The molecule has 1 unspecified atom stereocenters. The summed E-state index contributed by atoms with van der Waals surface area (Å²) in [6.07, 6.45) is 0. The fraction of sp³-hybridized carbons (Fsp3) is 0.0588. The maximum absolute atomic E-state index is 9.58. The molecule has 6 heteroatoms. The Balaban J connectivity index is 1.96. The third kappa shape index (κ3) is 2.10. The number of hydrogen-bond acceptors (Lipinski definition) is 6. The van der Waals surface area contributed by atoms with Crippen LogP contribution in [0, 0.1) is 11.3 Å². The van der Waals surface area contributed by atoms with Gasteiger partial charge in [0.25, 0.3) is 0 Å². The van der Waals surface area contributed by atoms with Crippen LogP contribution in [0.1, 0.15) is 16.4 Å². The van der Waals surface area contributed by atoms with Crippen LogP contribution in [-0.2, 0) is 0 Å². The first kappa shape index (κ1) is 13.6. The van der Waals surface area contributed by atoms with Crippen molar-refractivity contribution in [3.63, 3.8) is 0 Å². The summed E-state index contributed by atoms with van der Waals surface area (Å²) in [6.45, 7) is 0. The van der Waals surface area contributed by atoms with E-state index in [0.717, 1.165) is 21.7 Å². The summed E-state index contributed by atoms with van der Waals surface area (Å²) in [7, 11) is 0. The number of aromatic nitrogens is 1. The number of nitrogens with one attached hydrogen (secondary N) is 1. The number of benzene rings is 1. The highest BCUT2D eigenvalue weighted by atomic mass is 32.1. The van der Waals surface area contributed by atoms with Crippen LogP contribution in [-0.4, -0.2) is 5.16 Å². The van der Waals surface area contributed by atoms with Crippen molar-refractivity contribution in [1.29, 1.82) is 5.26 Å². The van der Waals surface area contributed by atoms with Gasteiger partial charge in [0.2, 0.25) is 5.88 Å². The van der Waals surface area contributed by atoms with Crippen LogP contribution < -0.4 is 11.1 Å². The number of thiophene rings is 1. The first-order chi connectivity index (χ1) is 11.3. The molecule has 0 fully saturated rings. The van der Waals surface area contributed by atoms with E-state index in [1.807, 2.05) is 47.8 Å². The number of rotatable bonds is 2. The van der Waals surface area contributed by atoms with Gasteiger partial charge in [-0.3, -0.25) is 0 Å². The molecule has 0 amide bonds. The van der Waals surface area contributed by atoms with Crippen LogP contribution in [0.2, 0.25) is 0 Å². The lowest BCUT2D eigenvalue weighted by molar-refractivity contribution is 0.435. The topological polar surface area (TPSA) is 87.9 Å². The minimum absolute atomic E-state index is 0.266. The van der Waals surface area contributed by atoms with Crippen LogP contribution >= 0.6 is 11.3 Å². The first-order valence-electron chi connectivity index (χ1n) is 7.04. The van der Waals surface area contributed by atoms with Crippen molar-refractivity contribution in [1.82, 2.24) is 5.16 Å². The van der Waals surface area contributed by atoms with Gasteiger partial charge in [-0.2, -0.15) is 5.26 Å². The van der Waals surface area contributed by atoms with E-state index in [9.17, 15) is 5.26 Å². The Morgan fingerprint density at radius 1 is 1.22 bits per heavy atom. The maximum atomic E-state index is 9.58. The smallest absolute Gasteiger partial charge is 0.235 e. The van der Waals surface area contributed by atoms with Gasteiger partial charge in [0, 0.05) is 10.4 Å². The van der Waals surface area contributed by atoms with Crippen molar-refractivity contribution in [2.45, 2.75) is 5.92 Å². The number of anilines is 1. The molecule has 1 atom stereocenters. The van der Waals surface area contributed by atoms with Crippen LogP contribution in [0.15, 0.2) is 63.8 Å². The lowest BCUT2D eigenvalue weighted by Crippen LogP contribution is -2.22. The van der Waals surface area contributed by atoms with Crippen LogP contribution in [0.5, 0.6) is 0 Å². The minimum Gasteiger partial charge on any atom is -0.384 e. The zero-order valence-corrected chi connectivity index (χ0v) is 12.8. The van der Waals surface area contributed by atoms with E-state index in [1.165, 1.54) is 0 Å². The van der Waals surface area contributed by atoms with Gasteiger partial charge >= 0.3 is 0 Å². The molecule has 1 aliphatic heterocycles. The largest absolute Gasteiger partial charge is 0.384 e. The van der Waals surface area contributed by atoms with E-state index in [2.05, 4.69) is 16.5 Å². The van der Waals surface area contributed by atoms with Crippen molar-refractivity contribution >= 4 is 17.2 Å². The van der Waals surface area contributed by atoms with Crippen molar-refractivity contribution in [3.8, 4) is 17.3 Å². The lowest BCUT2D eigenvalue weighted by Gasteiger charge is -2.22. The van der Waals surface area contributed by atoms with Gasteiger partial charge in [0.15, 0.2) is 0 Å². The zero-order chi connectivity index (χ0) is 15.8. The van der Waals surface area contributed by atoms with E-state index in [1.54, 1.807) is 11.3 Å². The number of allylic oxidation sites excluding steroid dienone is 1. The number of hydrogen-bond donors (Lipinski definition) is 2. The standard InChI is InChI=1S/C17H12N4OS/c18-9-11-13(12-7-4-8-23-12)14-15(10-5-2-1-3-6-10)21-22-17(14)20-16(11)19/h1-8,13,20H,19H2. The third-order valence-corrected chi connectivity index (χ3v) is 4.78. The molecule has 1 aromatic carbocycles. The molecule has 0 saturated heterocycles. The molecule has 112 valence electrons. The molecule has 5 nitrogen and oxygen atoms in total. The Bertz CT molecular complexity index is 919. The number of nitrogens with zero attached hydrogens (tertiary/aromatic N) is 2. The molecule has 3 N–H and O–H groups in total. The molecular formula is C17H12N4OS. The molecule has 1 aliphatic rings. The summed E-state index contributed by atoms with van der Waals surface area (Å²) in [5, 5.41) is 18.7. The van der Waals surface area contributed by atoms with Crippen molar-refractivity contribution in [3.05, 3.63) is 69.7 Å². The summed E-state index contributed by atoms with van der Waals surface area (Å²) in [6, 6.07) is 16.0. The lowest BCUT2D eigenvalue weighted by atomic mass is 9.86. The SMILES string of the molecule is N#CC1=C(N)Nc2onc(-c3ccccc3)c2C1c1cccs1. The highest BCUT2D eigenvalue weighted by Gasteiger charge is 2.35. The van der Waals surface area contributed by atoms with Gasteiger partial charge < -0.3 is 15.6 Å². The number of fused-ring (bicyclic) bond motifs is 1. The molecule has 3 heterocycles. The highest BCUT2D eigenvalue weighted by molar-refractivity contribution is 7.10. The average molecular weight is 320 g/mol. The number of nitriles is 1. The Kier molecular flexibility index (Phi) is 3.14. The second-order valence-electron chi connectivity index (χ2n) is 5.15. The normalized spacial score (nSPS) is 16.6. The van der Waals surface area contributed by atoms with Crippen molar-refractivity contribution in [2.24, 2.45) is 5.73 Å². The molecule has 0 saturated carbocycles. The average Bonchev–Trinajstić information content (AvgIpc) is 3.24. The Hall–Kier alpha value is -3.04. The fourth-order valence-corrected chi connectivity index (χ4v) is 3.66. The van der Waals surface area contributed by atoms with Gasteiger partial charge in [0.1, 0.15) is 11.5 Å². The fourth-order valence-electron chi connectivity index (χ4n) is 2.81. The zero-order valence-electron chi connectivity index (χ0n) is 12.0. The third-order valence-electron chi connectivity index (χ3n) is 3.84. The molecule has 0 bridgehead atoms. The second-order valence-corrected chi connectivity index (χ2v) is 6.13. The van der Waals surface area contributed by atoms with Crippen LogP contribution in [0.3, 0.4) is 0 Å². The van der Waals surface area contributed by atoms with Gasteiger partial charge in [-0.1, -0.05) is 41.6 Å². The summed E-state index contributed by atoms with van der Waals surface area (Å²) in [5.41, 5.74) is 9.02. The van der Waals surface area contributed by atoms with Crippen molar-refractivity contribution < 1.29 is 4.52 Å². The van der Waals surface area contributed by atoms with E-state index in [0.29, 0.717) is 17.3 Å². The molecule has 0 radical (unpaired) electrons. The minimum atomic E-state index is -0.266. The maximum Gasteiger partial charge on any atom is 0.235 e. The Labute approximate surface area is 136 Å². The van der Waals surface area contributed by atoms with Gasteiger partial charge in [-0.05, 0) is 11.4 Å². The Morgan fingerprint density at radius 3 is 2.74 bits per heavy atom. The monoisotopic (exact) mass is 320 g/mol. The van der Waals surface area contributed by atoms with E-state index < -0.39 is 0 Å². The van der Waals surface area contributed by atoms with E-state index in [-0.39, 0.29) is 5.92 Å². The van der Waals surface area contributed by atoms with E-state index >= 15 is 0 Å². The molecule has 23 heavy (non-hydrogen) atoms. The quantitative estimate of drug-likeness (QED) is 0.752. The van der Waals surface area contributed by atoms with Crippen LogP contribution in [0.25, 0.3) is 11.3 Å². The summed E-state index contributed by atoms with van der Waals surface area (Å²) >= 11 is 1.58. The van der Waals surface area contributed by atoms with Crippen LogP contribution in [0.4, 0.5) is 5.88 Å². The highest BCUT2D eigenvalue weighted by Crippen LogP contribution is 2.46. The van der Waals surface area contributed by atoms with Gasteiger partial charge in [-0.25, -0.2) is 0 Å². The Morgan fingerprint density at radius 2 is 2.04 bits per heavy atom. The first-order valence-corrected chi connectivity index (χ1v) is 7.92. The second kappa shape index (κ2) is 5.30. The summed E-state index contributed by atoms with van der Waals surface area (Å²) in [5.74, 6) is 0.547. The molecule has 4 rings (SSSR count). The van der Waals surface area contributed by atoms with E-state index in [4.69, 9.17) is 10.3 Å². The molecule has 2 aromatic heterocycles. The molecule has 0 spiro atoms. The molecule has 3 aromatic rings. The number of nitrogens with two attached hydrogens (primary N) is 1. The van der Waals surface area contributed by atoms with Gasteiger partial charge in [0.05, 0.1) is 23.1 Å².